The summed E-state index contributed by atoms with van der Waals surface area (Å²) in [7, 11) is 0. The van der Waals surface area contributed by atoms with Crippen molar-refractivity contribution in [3.8, 4) is 0 Å². The number of rotatable bonds is 8. The van der Waals surface area contributed by atoms with Crippen molar-refractivity contribution in [3.05, 3.63) is 101 Å². The Bertz CT molecular complexity index is 2690. The molecule has 1 N–H and O–H groups in total. The second-order valence-electron chi connectivity index (χ2n) is 20.9. The number of nitrogens with zero attached hydrogens (tertiary/aromatic N) is 1. The molecule has 0 atom stereocenters. The van der Waals surface area contributed by atoms with Gasteiger partial charge in [-0.2, -0.15) is 0 Å². The van der Waals surface area contributed by atoms with E-state index >= 15 is 0 Å². The molecule has 0 bridgehead atoms. The van der Waals surface area contributed by atoms with Crippen LogP contribution < -0.4 is 0 Å². The van der Waals surface area contributed by atoms with Gasteiger partial charge in [0.05, 0.1) is 0 Å². The largest absolute Gasteiger partial charge is 0.512 e. The molecule has 7 rings (SSSR count). The van der Waals surface area contributed by atoms with Crippen LogP contribution in [0.3, 0.4) is 0 Å². The summed E-state index contributed by atoms with van der Waals surface area (Å²) in [6, 6.07) is 27.4. The number of ketones is 1. The molecule has 4 heteroatoms. The number of carbonyl (C=O) groups excluding carboxylic acids is 1. The predicted molar refractivity (Wildman–Crippen MR) is 253 cm³/mol. The summed E-state index contributed by atoms with van der Waals surface area (Å²) in [6.45, 7) is 32.9. The van der Waals surface area contributed by atoms with Crippen LogP contribution in [0.1, 0.15) is 146 Å². The number of benzene rings is 6. The van der Waals surface area contributed by atoms with E-state index in [0.29, 0.717) is 0 Å². The molecule has 59 heavy (non-hydrogen) atoms. The fraction of sp³-hybridized carbons (Fsp3) is 0.455. The Morgan fingerprint density at radius 2 is 1.20 bits per heavy atom. The predicted octanol–water partition coefficient (Wildman–Crippen LogP) is 16.1. The maximum atomic E-state index is 12.2. The van der Waals surface area contributed by atoms with Crippen LogP contribution in [0, 0.1) is 22.3 Å². The number of pyridine rings is 1. The third-order valence-corrected chi connectivity index (χ3v) is 13.5. The van der Waals surface area contributed by atoms with E-state index in [0.717, 1.165) is 48.4 Å². The van der Waals surface area contributed by atoms with Gasteiger partial charge in [0.1, 0.15) is 5.76 Å². The molecule has 7 aromatic rings. The minimum Gasteiger partial charge on any atom is -0.512 e. The maximum Gasteiger partial charge on any atom is 0.164 e. The molecule has 1 aromatic heterocycles. The van der Waals surface area contributed by atoms with Gasteiger partial charge in [-0.05, 0) is 109 Å². The molecular formula is C55H68IrNO2-. The number of allylic oxidation sites excluding steroid dienone is 2. The summed E-state index contributed by atoms with van der Waals surface area (Å²) >= 11 is 0. The fourth-order valence-electron chi connectivity index (χ4n) is 8.45. The van der Waals surface area contributed by atoms with Crippen LogP contribution >= 0.6 is 0 Å². The van der Waals surface area contributed by atoms with Crippen molar-refractivity contribution < 1.29 is 30.0 Å². The van der Waals surface area contributed by atoms with Crippen molar-refractivity contribution in [3.63, 3.8) is 0 Å². The first kappa shape index (κ1) is 46.2. The molecular weight excluding hydrogens is 899 g/mol. The van der Waals surface area contributed by atoms with Crippen molar-refractivity contribution in [2.24, 2.45) is 16.2 Å². The van der Waals surface area contributed by atoms with Gasteiger partial charge in [-0.15, -0.1) is 23.6 Å². The fourth-order valence-corrected chi connectivity index (χ4v) is 8.45. The van der Waals surface area contributed by atoms with Crippen molar-refractivity contribution in [2.75, 3.05) is 0 Å². The molecule has 0 spiro atoms. The van der Waals surface area contributed by atoms with Gasteiger partial charge in [0.25, 0.3) is 0 Å². The normalized spacial score (nSPS) is 13.4. The molecule has 6 aromatic carbocycles. The standard InChI is InChI=1S/C40H40N.C15H28O2.Ir/c1-38(2,3)22-23-10-11-24-17-34-30(18-25(24)16-23)32-20-27(40(7,8)9)21-33-31-19-26(39(4,5)6)12-13-28(31)29-14-15-41-37(34)36(29)35(32)33;1-7-14(5,8-2)12(16)11-13(17)15(6,9-3)10-4;/h10-16,18-21H,22H2,1-9H3;11,16H,7-10H2,1-6H3;/q-1;;/b;12-11-;. The zero-order valence-electron chi connectivity index (χ0n) is 38.6. The molecule has 0 aliphatic heterocycles. The van der Waals surface area contributed by atoms with Gasteiger partial charge >= 0.3 is 0 Å². The van der Waals surface area contributed by atoms with Gasteiger partial charge < -0.3 is 5.11 Å². The van der Waals surface area contributed by atoms with E-state index in [1.54, 1.807) is 0 Å². The summed E-state index contributed by atoms with van der Waals surface area (Å²) < 4.78 is 0. The Kier molecular flexibility index (Phi) is 13.0. The molecule has 0 amide bonds. The summed E-state index contributed by atoms with van der Waals surface area (Å²) in [4.78, 5) is 17.2. The van der Waals surface area contributed by atoms with E-state index in [-0.39, 0.29) is 58.7 Å². The number of aliphatic hydroxyl groups excluding tert-OH is 1. The van der Waals surface area contributed by atoms with E-state index in [9.17, 15) is 9.90 Å². The average Bonchev–Trinajstić information content (AvgIpc) is 3.17. The first-order valence-electron chi connectivity index (χ1n) is 21.8. The number of aliphatic hydroxyl groups is 1. The summed E-state index contributed by atoms with van der Waals surface area (Å²) in [5.74, 6) is 0.286. The van der Waals surface area contributed by atoms with Crippen LogP contribution in [-0.4, -0.2) is 15.9 Å². The second-order valence-corrected chi connectivity index (χ2v) is 20.9. The molecule has 3 nitrogen and oxygen atoms in total. The molecule has 1 heterocycles. The van der Waals surface area contributed by atoms with Crippen molar-refractivity contribution in [2.45, 2.75) is 147 Å². The number of fused-ring (bicyclic) bond motifs is 7. The summed E-state index contributed by atoms with van der Waals surface area (Å²) in [5, 5.41) is 24.1. The number of aromatic nitrogens is 1. The molecule has 0 aliphatic rings. The van der Waals surface area contributed by atoms with Crippen LogP contribution in [0.5, 0.6) is 0 Å². The van der Waals surface area contributed by atoms with Gasteiger partial charge in [-0.25, -0.2) is 0 Å². The third kappa shape index (κ3) is 8.83. The Balaban J connectivity index is 0.000000314. The average molecular weight is 967 g/mol. The SMILES string of the molecule is CC(C)(C)Cc1ccc2[c-]c3c(cc2c1)c1cc(C(C)(C)C)cc2c4cc(C(C)(C)C)ccc4c4ccnc3c4c12.CCC(C)(CC)C(=O)/C=C(\O)C(C)(CC)CC.[Ir]. The minimum absolute atomic E-state index is 0. The molecule has 0 aliphatic carbocycles. The molecule has 0 saturated carbocycles. The van der Waals surface area contributed by atoms with E-state index in [1.165, 1.54) is 71.2 Å². The quantitative estimate of drug-likeness (QED) is 0.0543. The second kappa shape index (κ2) is 16.5. The number of hydrogen-bond acceptors (Lipinski definition) is 3. The zero-order chi connectivity index (χ0) is 42.7. The van der Waals surface area contributed by atoms with Crippen LogP contribution in [0.2, 0.25) is 0 Å². The van der Waals surface area contributed by atoms with Crippen LogP contribution in [0.25, 0.3) is 64.8 Å². The Labute approximate surface area is 368 Å². The van der Waals surface area contributed by atoms with E-state index in [2.05, 4.69) is 129 Å². The maximum absolute atomic E-state index is 12.2. The minimum atomic E-state index is -0.337. The van der Waals surface area contributed by atoms with E-state index in [1.807, 2.05) is 47.7 Å². The zero-order valence-corrected chi connectivity index (χ0v) is 41.0. The smallest absolute Gasteiger partial charge is 0.164 e. The number of hydrogen-bond donors (Lipinski definition) is 1. The van der Waals surface area contributed by atoms with Crippen molar-refractivity contribution >= 4 is 70.5 Å². The summed E-state index contributed by atoms with van der Waals surface area (Å²) in [5.41, 5.74) is 4.89. The van der Waals surface area contributed by atoms with Gasteiger partial charge in [0, 0.05) is 48.7 Å². The van der Waals surface area contributed by atoms with Crippen molar-refractivity contribution in [1.82, 2.24) is 4.98 Å². The molecule has 0 unspecified atom stereocenters. The third-order valence-electron chi connectivity index (χ3n) is 13.5. The number of carbonyl (C=O) groups is 1. The van der Waals surface area contributed by atoms with Crippen LogP contribution in [-0.2, 0) is 42.2 Å². The van der Waals surface area contributed by atoms with E-state index in [4.69, 9.17) is 4.98 Å². The van der Waals surface area contributed by atoms with Gasteiger partial charge in [0.2, 0.25) is 0 Å². The first-order chi connectivity index (χ1) is 27.0. The van der Waals surface area contributed by atoms with Crippen molar-refractivity contribution in [1.29, 1.82) is 0 Å². The van der Waals surface area contributed by atoms with Crippen LogP contribution in [0.15, 0.2) is 78.7 Å². The van der Waals surface area contributed by atoms with Gasteiger partial charge in [-0.3, -0.25) is 9.78 Å². The Morgan fingerprint density at radius 1 is 0.627 bits per heavy atom. The summed E-state index contributed by atoms with van der Waals surface area (Å²) in [6.07, 6.45) is 7.79. The molecule has 0 fully saturated rings. The molecule has 1 radical (unpaired) electrons. The molecule has 315 valence electrons. The van der Waals surface area contributed by atoms with Crippen LogP contribution in [0.4, 0.5) is 0 Å². The monoisotopic (exact) mass is 967 g/mol. The Hall–Kier alpha value is -3.85. The van der Waals surface area contributed by atoms with Gasteiger partial charge in [0.15, 0.2) is 5.78 Å². The first-order valence-corrected chi connectivity index (χ1v) is 21.8. The topological polar surface area (TPSA) is 50.2 Å². The van der Waals surface area contributed by atoms with Gasteiger partial charge in [-0.1, -0.05) is 162 Å². The van der Waals surface area contributed by atoms with E-state index < -0.39 is 0 Å². The molecule has 0 saturated heterocycles. The Morgan fingerprint density at radius 3 is 1.76 bits per heavy atom.